The maximum absolute atomic E-state index is 13.5. The van der Waals surface area contributed by atoms with E-state index in [4.69, 9.17) is 16.7 Å². The fourth-order valence-electron chi connectivity index (χ4n) is 3.23. The normalized spacial score (nSPS) is 12.5. The number of sulfone groups is 1. The summed E-state index contributed by atoms with van der Waals surface area (Å²) >= 11 is 7.60. The Labute approximate surface area is 199 Å². The number of nitrogens with zero attached hydrogens (tertiary/aromatic N) is 2. The van der Waals surface area contributed by atoms with Gasteiger partial charge in [-0.15, -0.1) is 11.3 Å². The van der Waals surface area contributed by atoms with Crippen LogP contribution in [0.5, 0.6) is 0 Å². The average Bonchev–Trinajstić information content (AvgIpc) is 3.20. The minimum absolute atomic E-state index is 0.0521. The number of nitrogens with one attached hydrogen (secondary N) is 2. The smallest absolute Gasteiger partial charge is 0.322 e. The molecular formula is C22H19ClN4O4S2. The van der Waals surface area contributed by atoms with Crippen LogP contribution in [0.4, 0.5) is 5.82 Å². The molecule has 11 heteroatoms. The molecule has 3 aromatic heterocycles. The molecule has 170 valence electrons. The van der Waals surface area contributed by atoms with Crippen molar-refractivity contribution in [2.75, 3.05) is 11.9 Å². The molecule has 0 saturated heterocycles. The maximum Gasteiger partial charge on any atom is 0.322 e. The molecule has 3 heterocycles. The topological polar surface area (TPSA) is 121 Å². The van der Waals surface area contributed by atoms with Crippen LogP contribution in [0.15, 0.2) is 71.9 Å². The summed E-state index contributed by atoms with van der Waals surface area (Å²) in [5.74, 6) is -0.788. The van der Waals surface area contributed by atoms with E-state index in [9.17, 15) is 13.2 Å². The van der Waals surface area contributed by atoms with Crippen molar-refractivity contribution in [2.45, 2.75) is 16.8 Å². The second-order valence-corrected chi connectivity index (χ2v) is 10.7. The van der Waals surface area contributed by atoms with Crippen LogP contribution in [0.25, 0.3) is 10.1 Å². The highest BCUT2D eigenvalue weighted by Crippen LogP contribution is 2.30. The fraction of sp³-hybridized carbons (Fsp3) is 0.136. The monoisotopic (exact) mass is 502 g/mol. The lowest BCUT2D eigenvalue weighted by Gasteiger charge is -2.19. The Kier molecular flexibility index (Phi) is 6.89. The Balaban J connectivity index is 1.67. The van der Waals surface area contributed by atoms with Crippen molar-refractivity contribution < 1.29 is 18.3 Å². The number of benzene rings is 1. The summed E-state index contributed by atoms with van der Waals surface area (Å²) in [5.41, 5.74) is 0.235. The molecule has 0 bridgehead atoms. The van der Waals surface area contributed by atoms with Gasteiger partial charge in [0.15, 0.2) is 5.37 Å². The van der Waals surface area contributed by atoms with Crippen LogP contribution in [-0.4, -0.2) is 36.0 Å². The van der Waals surface area contributed by atoms with E-state index in [1.165, 1.54) is 29.8 Å². The molecule has 1 unspecified atom stereocenters. The van der Waals surface area contributed by atoms with E-state index >= 15 is 0 Å². The van der Waals surface area contributed by atoms with Gasteiger partial charge >= 0.3 is 5.97 Å². The Bertz CT molecular complexity index is 1390. The predicted octanol–water partition coefficient (Wildman–Crippen LogP) is 4.10. The zero-order valence-corrected chi connectivity index (χ0v) is 19.5. The minimum atomic E-state index is -3.91. The first-order valence-corrected chi connectivity index (χ1v) is 12.5. The van der Waals surface area contributed by atoms with Crippen molar-refractivity contribution in [1.82, 2.24) is 15.3 Å². The summed E-state index contributed by atoms with van der Waals surface area (Å²) in [6, 6.07) is 15.4. The van der Waals surface area contributed by atoms with E-state index in [-0.39, 0.29) is 29.5 Å². The van der Waals surface area contributed by atoms with Gasteiger partial charge in [-0.3, -0.25) is 15.1 Å². The number of halogens is 1. The Morgan fingerprint density at radius 2 is 2.00 bits per heavy atom. The molecule has 0 amide bonds. The number of pyridine rings is 2. The number of aliphatic carboxylic acids is 1. The van der Waals surface area contributed by atoms with Gasteiger partial charge in [0.2, 0.25) is 9.84 Å². The number of hydrogen-bond acceptors (Lipinski definition) is 8. The van der Waals surface area contributed by atoms with Crippen molar-refractivity contribution in [3.63, 3.8) is 0 Å². The number of hydrogen-bond donors (Lipinski definition) is 3. The van der Waals surface area contributed by atoms with Gasteiger partial charge in [0.25, 0.3) is 0 Å². The zero-order chi connectivity index (χ0) is 23.4. The van der Waals surface area contributed by atoms with E-state index in [0.29, 0.717) is 5.02 Å². The largest absolute Gasteiger partial charge is 0.480 e. The van der Waals surface area contributed by atoms with Crippen molar-refractivity contribution in [3.8, 4) is 0 Å². The number of rotatable bonds is 9. The summed E-state index contributed by atoms with van der Waals surface area (Å²) in [6.07, 6.45) is 2.79. The van der Waals surface area contributed by atoms with Crippen LogP contribution in [0.1, 0.15) is 15.9 Å². The zero-order valence-electron chi connectivity index (χ0n) is 17.1. The summed E-state index contributed by atoms with van der Waals surface area (Å²) in [6.45, 7) is -0.0656. The molecule has 1 atom stereocenters. The Morgan fingerprint density at radius 1 is 1.15 bits per heavy atom. The summed E-state index contributed by atoms with van der Waals surface area (Å²) in [5, 5.41) is 15.2. The number of thiophene rings is 1. The molecular weight excluding hydrogens is 484 g/mol. The van der Waals surface area contributed by atoms with E-state index in [0.717, 1.165) is 15.0 Å². The molecule has 1 aromatic carbocycles. The van der Waals surface area contributed by atoms with Crippen LogP contribution in [0, 0.1) is 0 Å². The number of fused-ring (bicyclic) bond motifs is 1. The minimum Gasteiger partial charge on any atom is -0.480 e. The number of carboxylic acids is 1. The summed E-state index contributed by atoms with van der Waals surface area (Å²) < 4.78 is 28.0. The van der Waals surface area contributed by atoms with Gasteiger partial charge < -0.3 is 10.4 Å². The second-order valence-electron chi connectivity index (χ2n) is 7.08. The van der Waals surface area contributed by atoms with Crippen LogP contribution >= 0.6 is 22.9 Å². The van der Waals surface area contributed by atoms with E-state index in [1.807, 2.05) is 24.3 Å². The highest BCUT2D eigenvalue weighted by molar-refractivity contribution is 7.91. The van der Waals surface area contributed by atoms with Gasteiger partial charge in [0.05, 0.1) is 10.6 Å². The first-order chi connectivity index (χ1) is 15.8. The number of carboxylic acid groups (broad SMARTS) is 1. The SMILES string of the molecule is O=C(O)CNc1cccc(C(NCc2cc3ccc(Cl)cc3s2)S(=O)(=O)c2cccnc2)n1. The third kappa shape index (κ3) is 5.48. The fourth-order valence-corrected chi connectivity index (χ4v) is 6.02. The number of anilines is 1. The molecule has 0 aliphatic carbocycles. The highest BCUT2D eigenvalue weighted by Gasteiger charge is 2.30. The van der Waals surface area contributed by atoms with Crippen molar-refractivity contribution in [1.29, 1.82) is 0 Å². The lowest BCUT2D eigenvalue weighted by molar-refractivity contribution is -0.134. The van der Waals surface area contributed by atoms with Gasteiger partial charge in [-0.2, -0.15) is 0 Å². The van der Waals surface area contributed by atoms with E-state index < -0.39 is 21.2 Å². The van der Waals surface area contributed by atoms with Crippen molar-refractivity contribution >= 4 is 54.6 Å². The van der Waals surface area contributed by atoms with Crippen LogP contribution in [-0.2, 0) is 21.2 Å². The van der Waals surface area contributed by atoms with Crippen LogP contribution < -0.4 is 10.6 Å². The predicted molar refractivity (Wildman–Crippen MR) is 128 cm³/mol. The van der Waals surface area contributed by atoms with Crippen LogP contribution in [0.2, 0.25) is 5.02 Å². The van der Waals surface area contributed by atoms with E-state index in [1.54, 1.807) is 24.3 Å². The van der Waals surface area contributed by atoms with Gasteiger partial charge in [0.1, 0.15) is 12.4 Å². The lowest BCUT2D eigenvalue weighted by atomic mass is 10.2. The molecule has 0 spiro atoms. The molecule has 0 aliphatic rings. The summed E-state index contributed by atoms with van der Waals surface area (Å²) in [4.78, 5) is 20.1. The second kappa shape index (κ2) is 9.84. The molecule has 0 saturated carbocycles. The molecule has 3 N–H and O–H groups in total. The molecule has 4 aromatic rings. The molecule has 4 rings (SSSR count). The van der Waals surface area contributed by atoms with Crippen molar-refractivity contribution in [2.24, 2.45) is 0 Å². The van der Waals surface area contributed by atoms with Gasteiger partial charge in [-0.25, -0.2) is 13.4 Å². The molecule has 0 radical (unpaired) electrons. The molecule has 0 fully saturated rings. The molecule has 33 heavy (non-hydrogen) atoms. The standard InChI is InChI=1S/C22H19ClN4O4S2/c23-15-7-6-14-9-16(32-19(14)10-15)11-26-22(33(30,31)17-3-2-8-24-12-17)18-4-1-5-20(27-18)25-13-21(28)29/h1-10,12,22,26H,11,13H2,(H,25,27)(H,28,29). The quantitative estimate of drug-likeness (QED) is 0.313. The Morgan fingerprint density at radius 3 is 2.76 bits per heavy atom. The number of aromatic nitrogens is 2. The maximum atomic E-state index is 13.5. The van der Waals surface area contributed by atoms with Crippen LogP contribution in [0.3, 0.4) is 0 Å². The van der Waals surface area contributed by atoms with Gasteiger partial charge in [0, 0.05) is 33.5 Å². The summed E-state index contributed by atoms with van der Waals surface area (Å²) in [7, 11) is -3.91. The van der Waals surface area contributed by atoms with Gasteiger partial charge in [-0.05, 0) is 47.9 Å². The molecule has 0 aliphatic heterocycles. The number of carbonyl (C=O) groups is 1. The first-order valence-electron chi connectivity index (χ1n) is 9.81. The molecule has 8 nitrogen and oxygen atoms in total. The lowest BCUT2D eigenvalue weighted by Crippen LogP contribution is -2.29. The highest BCUT2D eigenvalue weighted by atomic mass is 35.5. The van der Waals surface area contributed by atoms with Gasteiger partial charge in [-0.1, -0.05) is 23.7 Å². The Hall–Kier alpha value is -3.05. The first kappa shape index (κ1) is 23.1. The third-order valence-electron chi connectivity index (χ3n) is 4.73. The van der Waals surface area contributed by atoms with Crippen molar-refractivity contribution in [3.05, 3.63) is 82.6 Å². The van der Waals surface area contributed by atoms with E-state index in [2.05, 4.69) is 20.6 Å². The average molecular weight is 503 g/mol. The third-order valence-corrected chi connectivity index (χ3v) is 7.99.